The minimum absolute atomic E-state index is 1.32. The third kappa shape index (κ3) is 2.26. The zero-order valence-electron chi connectivity index (χ0n) is 16.7. The Labute approximate surface area is 182 Å². The van der Waals surface area contributed by atoms with Crippen molar-refractivity contribution < 1.29 is 0 Å². The number of fused-ring (bicyclic) bond motifs is 9. The fourth-order valence-electron chi connectivity index (χ4n) is 4.79. The minimum Gasteiger partial charge on any atom is -0.134 e. The van der Waals surface area contributed by atoms with Gasteiger partial charge in [-0.05, 0) is 59.7 Å². The Balaban J connectivity index is 1.61. The maximum atomic E-state index is 2.37. The fourth-order valence-corrected chi connectivity index (χ4v) is 7.39. The predicted octanol–water partition coefficient (Wildman–Crippen LogP) is 9.35. The molecule has 0 bridgehead atoms. The number of thiophene rings is 2. The second-order valence-corrected chi connectivity index (χ2v) is 10.5. The van der Waals surface area contributed by atoms with Crippen LogP contribution in [0.3, 0.4) is 0 Å². The van der Waals surface area contributed by atoms with Crippen LogP contribution in [-0.4, -0.2) is 0 Å². The second-order valence-electron chi connectivity index (χ2n) is 8.42. The van der Waals surface area contributed by atoms with Gasteiger partial charge >= 0.3 is 0 Å². The molecule has 0 radical (unpaired) electrons. The summed E-state index contributed by atoms with van der Waals surface area (Å²) in [7, 11) is 0. The van der Waals surface area contributed by atoms with E-state index in [2.05, 4.69) is 86.6 Å². The van der Waals surface area contributed by atoms with E-state index in [0.717, 1.165) is 0 Å². The van der Waals surface area contributed by atoms with E-state index in [1.807, 2.05) is 22.7 Å². The molecule has 0 amide bonds. The summed E-state index contributed by atoms with van der Waals surface area (Å²) < 4.78 is 5.62. The molecule has 0 spiro atoms. The van der Waals surface area contributed by atoms with E-state index in [1.165, 1.54) is 73.0 Å². The van der Waals surface area contributed by atoms with Gasteiger partial charge < -0.3 is 0 Å². The van der Waals surface area contributed by atoms with Crippen LogP contribution in [0, 0.1) is 13.8 Å². The van der Waals surface area contributed by atoms with E-state index in [0.29, 0.717) is 0 Å². The van der Waals surface area contributed by atoms with E-state index < -0.39 is 0 Å². The molecule has 0 N–H and O–H groups in total. The predicted molar refractivity (Wildman–Crippen MR) is 137 cm³/mol. The molecule has 2 heteroatoms. The summed E-state index contributed by atoms with van der Waals surface area (Å²) in [6.07, 6.45) is 0. The lowest BCUT2D eigenvalue weighted by Gasteiger charge is -2.01. The molecular formula is C28H18S2. The molecule has 0 fully saturated rings. The van der Waals surface area contributed by atoms with Gasteiger partial charge in [0.15, 0.2) is 0 Å². The van der Waals surface area contributed by atoms with Gasteiger partial charge in [0, 0.05) is 30.9 Å². The summed E-state index contributed by atoms with van der Waals surface area (Å²) in [5.41, 5.74) is 2.63. The second kappa shape index (κ2) is 5.81. The van der Waals surface area contributed by atoms with Crippen molar-refractivity contribution in [2.45, 2.75) is 13.8 Å². The average molecular weight is 419 g/mol. The topological polar surface area (TPSA) is 0 Å². The number of benzene rings is 5. The summed E-state index contributed by atoms with van der Waals surface area (Å²) in [5, 5.41) is 10.9. The molecule has 0 saturated carbocycles. The van der Waals surface area contributed by atoms with E-state index in [1.54, 1.807) is 0 Å². The van der Waals surface area contributed by atoms with Crippen molar-refractivity contribution >= 4 is 84.6 Å². The summed E-state index contributed by atoms with van der Waals surface area (Å²) in [6.45, 7) is 4.33. The lowest BCUT2D eigenvalue weighted by molar-refractivity contribution is 1.51. The Morgan fingerprint density at radius 2 is 0.900 bits per heavy atom. The number of aryl methyl sites for hydroxylation is 2. The van der Waals surface area contributed by atoms with Gasteiger partial charge in [-0.15, -0.1) is 22.7 Å². The Morgan fingerprint density at radius 1 is 0.433 bits per heavy atom. The number of hydrogen-bond donors (Lipinski definition) is 0. The molecule has 0 aliphatic heterocycles. The molecule has 2 aromatic heterocycles. The van der Waals surface area contributed by atoms with Gasteiger partial charge in [-0.25, -0.2) is 0 Å². The normalized spacial score (nSPS) is 12.3. The van der Waals surface area contributed by atoms with Crippen molar-refractivity contribution in [3.8, 4) is 0 Å². The molecule has 5 aromatic carbocycles. The maximum absolute atomic E-state index is 2.37. The first-order valence-electron chi connectivity index (χ1n) is 10.3. The SMILES string of the molecule is Cc1ccc2cc3c(cc2c1)sc1c3ccc2c3cc4ccc(C)cc4cc3sc21. The smallest absolute Gasteiger partial charge is 0.0534 e. The first-order valence-corrected chi connectivity index (χ1v) is 11.9. The van der Waals surface area contributed by atoms with Gasteiger partial charge in [-0.3, -0.25) is 0 Å². The van der Waals surface area contributed by atoms with Crippen LogP contribution in [0.5, 0.6) is 0 Å². The van der Waals surface area contributed by atoms with Gasteiger partial charge in [0.2, 0.25) is 0 Å². The fraction of sp³-hybridized carbons (Fsp3) is 0.0714. The van der Waals surface area contributed by atoms with Gasteiger partial charge in [0.05, 0.1) is 9.40 Å². The first-order chi connectivity index (χ1) is 14.6. The van der Waals surface area contributed by atoms with Crippen LogP contribution in [0.2, 0.25) is 0 Å². The van der Waals surface area contributed by atoms with Crippen LogP contribution in [0.15, 0.2) is 72.8 Å². The highest BCUT2D eigenvalue weighted by molar-refractivity contribution is 7.33. The highest BCUT2D eigenvalue weighted by Gasteiger charge is 2.14. The lowest BCUT2D eigenvalue weighted by atomic mass is 10.0. The van der Waals surface area contributed by atoms with Crippen molar-refractivity contribution in [3.63, 3.8) is 0 Å². The molecule has 30 heavy (non-hydrogen) atoms. The average Bonchev–Trinajstić information content (AvgIpc) is 3.27. The van der Waals surface area contributed by atoms with E-state index in [9.17, 15) is 0 Å². The molecule has 0 unspecified atom stereocenters. The van der Waals surface area contributed by atoms with Crippen molar-refractivity contribution in [2.24, 2.45) is 0 Å². The van der Waals surface area contributed by atoms with Crippen molar-refractivity contribution in [1.29, 1.82) is 0 Å². The molecular weight excluding hydrogens is 400 g/mol. The third-order valence-corrected chi connectivity index (χ3v) is 8.81. The number of hydrogen-bond acceptors (Lipinski definition) is 2. The van der Waals surface area contributed by atoms with Gasteiger partial charge in [-0.2, -0.15) is 0 Å². The van der Waals surface area contributed by atoms with Gasteiger partial charge in [0.25, 0.3) is 0 Å². The van der Waals surface area contributed by atoms with E-state index >= 15 is 0 Å². The Hall–Kier alpha value is -2.94. The van der Waals surface area contributed by atoms with Crippen LogP contribution >= 0.6 is 22.7 Å². The summed E-state index contributed by atoms with van der Waals surface area (Å²) in [4.78, 5) is 0. The highest BCUT2D eigenvalue weighted by atomic mass is 32.1. The summed E-state index contributed by atoms with van der Waals surface area (Å²) >= 11 is 3.89. The summed E-state index contributed by atoms with van der Waals surface area (Å²) in [6, 6.07) is 27.7. The molecule has 7 rings (SSSR count). The lowest BCUT2D eigenvalue weighted by Crippen LogP contribution is -1.76. The van der Waals surface area contributed by atoms with E-state index in [4.69, 9.17) is 0 Å². The Bertz CT molecular complexity index is 1680. The number of rotatable bonds is 0. The monoisotopic (exact) mass is 418 g/mol. The molecule has 7 aromatic rings. The molecule has 0 saturated heterocycles. The summed E-state index contributed by atoms with van der Waals surface area (Å²) in [5.74, 6) is 0. The Morgan fingerprint density at radius 3 is 1.37 bits per heavy atom. The van der Waals surface area contributed by atoms with Gasteiger partial charge in [0.1, 0.15) is 0 Å². The van der Waals surface area contributed by atoms with Gasteiger partial charge in [-0.1, -0.05) is 59.7 Å². The first kappa shape index (κ1) is 16.8. The Kier molecular flexibility index (Phi) is 3.26. The zero-order valence-corrected chi connectivity index (χ0v) is 18.4. The molecule has 0 nitrogen and oxygen atoms in total. The van der Waals surface area contributed by atoms with Crippen LogP contribution in [0.4, 0.5) is 0 Å². The van der Waals surface area contributed by atoms with Crippen LogP contribution in [0.1, 0.15) is 11.1 Å². The zero-order chi connectivity index (χ0) is 20.0. The standard InChI is InChI=1S/C28H18S2/c1-15-3-5-17-11-23-21-7-8-22-24-12-18-6-4-16(2)10-20(18)14-26(24)30-28(22)27(21)29-25(23)13-19(17)9-15/h3-14H,1-2H3. The highest BCUT2D eigenvalue weighted by Crippen LogP contribution is 2.45. The third-order valence-electron chi connectivity index (χ3n) is 6.30. The quantitative estimate of drug-likeness (QED) is 0.230. The largest absolute Gasteiger partial charge is 0.134 e. The molecule has 2 heterocycles. The molecule has 0 atom stereocenters. The molecule has 0 aliphatic rings. The van der Waals surface area contributed by atoms with Crippen LogP contribution in [-0.2, 0) is 0 Å². The maximum Gasteiger partial charge on any atom is 0.0534 e. The van der Waals surface area contributed by atoms with Crippen molar-refractivity contribution in [3.05, 3.63) is 83.9 Å². The minimum atomic E-state index is 1.32. The van der Waals surface area contributed by atoms with Crippen LogP contribution in [0.25, 0.3) is 61.9 Å². The van der Waals surface area contributed by atoms with Crippen molar-refractivity contribution in [1.82, 2.24) is 0 Å². The molecule has 142 valence electrons. The van der Waals surface area contributed by atoms with E-state index in [-0.39, 0.29) is 0 Å². The van der Waals surface area contributed by atoms with Crippen LogP contribution < -0.4 is 0 Å². The van der Waals surface area contributed by atoms with Crippen molar-refractivity contribution in [2.75, 3.05) is 0 Å². The molecule has 0 aliphatic carbocycles.